The molecule has 2 rings (SSSR count). The number of rotatable bonds is 0. The summed E-state index contributed by atoms with van der Waals surface area (Å²) in [6.07, 6.45) is 1.06. The highest BCUT2D eigenvalue weighted by Gasteiger charge is 2.20. The summed E-state index contributed by atoms with van der Waals surface area (Å²) in [5, 5.41) is 0. The maximum absolute atomic E-state index is 11.2. The Labute approximate surface area is 68.7 Å². The Morgan fingerprint density at radius 3 is 2.67 bits per heavy atom. The Balaban J connectivity index is 2.67. The van der Waals surface area contributed by atoms with Gasteiger partial charge in [0.2, 0.25) is 11.6 Å². The number of carbonyl (C=O) groups is 2. The van der Waals surface area contributed by atoms with Gasteiger partial charge in [-0.3, -0.25) is 14.6 Å². The second kappa shape index (κ2) is 2.37. The van der Waals surface area contributed by atoms with Crippen LogP contribution in [-0.4, -0.2) is 17.8 Å². The van der Waals surface area contributed by atoms with E-state index in [-0.39, 0.29) is 0 Å². The van der Waals surface area contributed by atoms with E-state index in [0.717, 1.165) is 6.21 Å². The van der Waals surface area contributed by atoms with E-state index >= 15 is 0 Å². The number of fused-ring (bicyclic) bond motifs is 1. The molecule has 0 N–H and O–H groups in total. The van der Waals surface area contributed by atoms with E-state index in [1.54, 1.807) is 24.3 Å². The summed E-state index contributed by atoms with van der Waals surface area (Å²) in [6.45, 7) is 0. The van der Waals surface area contributed by atoms with Gasteiger partial charge in [-0.2, -0.15) is 0 Å². The van der Waals surface area contributed by atoms with E-state index in [4.69, 9.17) is 0 Å². The summed E-state index contributed by atoms with van der Waals surface area (Å²) < 4.78 is 0. The first kappa shape index (κ1) is 6.91. The average molecular weight is 159 g/mol. The van der Waals surface area contributed by atoms with E-state index in [1.807, 2.05) is 0 Å². The van der Waals surface area contributed by atoms with Gasteiger partial charge >= 0.3 is 0 Å². The molecule has 0 bridgehead atoms. The molecule has 0 amide bonds. The second-order valence-corrected chi connectivity index (χ2v) is 2.47. The van der Waals surface area contributed by atoms with Crippen molar-refractivity contribution >= 4 is 23.5 Å². The summed E-state index contributed by atoms with van der Waals surface area (Å²) in [6, 6.07) is 6.80. The lowest BCUT2D eigenvalue weighted by atomic mass is 10.0. The fourth-order valence-corrected chi connectivity index (χ4v) is 1.10. The van der Waals surface area contributed by atoms with Gasteiger partial charge in [0.25, 0.3) is 0 Å². The molecule has 0 aromatic heterocycles. The minimum atomic E-state index is -0.547. The molecule has 0 spiro atoms. The monoisotopic (exact) mass is 159 g/mol. The molecule has 0 saturated carbocycles. The lowest BCUT2D eigenvalue weighted by molar-refractivity contribution is -0.109. The number of Topliss-reactive ketones (excluding diaryl/α,β-unsaturated/α-hetero) is 2. The van der Waals surface area contributed by atoms with Crippen LogP contribution in [0.2, 0.25) is 0 Å². The molecule has 0 saturated heterocycles. The third kappa shape index (κ3) is 0.871. The first-order valence-corrected chi connectivity index (χ1v) is 3.51. The van der Waals surface area contributed by atoms with Crippen LogP contribution in [0.4, 0.5) is 5.69 Å². The topological polar surface area (TPSA) is 46.5 Å². The minimum Gasteiger partial charge on any atom is -0.285 e. The Hall–Kier alpha value is -1.77. The molecule has 0 aliphatic carbocycles. The van der Waals surface area contributed by atoms with Crippen LogP contribution < -0.4 is 0 Å². The number of ketones is 2. The summed E-state index contributed by atoms with van der Waals surface area (Å²) in [7, 11) is 0. The van der Waals surface area contributed by atoms with Crippen LogP contribution in [0.15, 0.2) is 29.3 Å². The van der Waals surface area contributed by atoms with Crippen molar-refractivity contribution < 1.29 is 9.59 Å². The molecule has 0 fully saturated rings. The number of hydrogen-bond acceptors (Lipinski definition) is 3. The standard InChI is InChI=1S/C9H5NO2/c11-8-5-10-7-4-2-1-3-6(7)9(8)12/h1-5H. The van der Waals surface area contributed by atoms with Gasteiger partial charge in [-0.15, -0.1) is 0 Å². The normalized spacial score (nSPS) is 14.7. The summed E-state index contributed by atoms with van der Waals surface area (Å²) in [5.41, 5.74) is 0.965. The zero-order valence-corrected chi connectivity index (χ0v) is 6.15. The molecule has 0 atom stereocenters. The van der Waals surface area contributed by atoms with E-state index in [1.165, 1.54) is 0 Å². The van der Waals surface area contributed by atoms with Crippen molar-refractivity contribution in [2.45, 2.75) is 0 Å². The minimum absolute atomic E-state index is 0.394. The number of hydrogen-bond donors (Lipinski definition) is 0. The van der Waals surface area contributed by atoms with E-state index < -0.39 is 11.6 Å². The second-order valence-electron chi connectivity index (χ2n) is 2.47. The van der Waals surface area contributed by atoms with Crippen LogP contribution in [0.3, 0.4) is 0 Å². The molecular weight excluding hydrogens is 154 g/mol. The fraction of sp³-hybridized carbons (Fsp3) is 0. The third-order valence-corrected chi connectivity index (χ3v) is 1.69. The van der Waals surface area contributed by atoms with Gasteiger partial charge < -0.3 is 0 Å². The summed E-state index contributed by atoms with van der Waals surface area (Å²) in [5.74, 6) is -1.02. The van der Waals surface area contributed by atoms with Crippen molar-refractivity contribution in [1.29, 1.82) is 0 Å². The van der Waals surface area contributed by atoms with E-state index in [2.05, 4.69) is 4.99 Å². The molecule has 1 aromatic rings. The fourth-order valence-electron chi connectivity index (χ4n) is 1.10. The SMILES string of the molecule is O=C1C=Nc2ccccc2C1=O. The molecule has 0 unspecified atom stereocenters. The molecule has 3 nitrogen and oxygen atoms in total. The molecule has 12 heavy (non-hydrogen) atoms. The van der Waals surface area contributed by atoms with Gasteiger partial charge in [-0.25, -0.2) is 0 Å². The largest absolute Gasteiger partial charge is 0.285 e. The molecule has 1 heterocycles. The van der Waals surface area contributed by atoms with Crippen LogP contribution in [0.25, 0.3) is 0 Å². The zero-order valence-electron chi connectivity index (χ0n) is 6.15. The van der Waals surface area contributed by atoms with E-state index in [9.17, 15) is 9.59 Å². The Morgan fingerprint density at radius 2 is 1.83 bits per heavy atom. The van der Waals surface area contributed by atoms with Gasteiger partial charge in [0.15, 0.2) is 0 Å². The zero-order chi connectivity index (χ0) is 8.55. The van der Waals surface area contributed by atoms with Gasteiger partial charge in [-0.1, -0.05) is 12.1 Å². The lowest BCUT2D eigenvalue weighted by Gasteiger charge is -2.05. The molecule has 0 radical (unpaired) electrons. The van der Waals surface area contributed by atoms with Crippen molar-refractivity contribution in [2.75, 3.05) is 0 Å². The van der Waals surface area contributed by atoms with Crippen LogP contribution >= 0.6 is 0 Å². The summed E-state index contributed by atoms with van der Waals surface area (Å²) in [4.78, 5) is 25.9. The predicted octanol–water partition coefficient (Wildman–Crippen LogP) is 1.15. The number of benzene rings is 1. The molecule has 1 aromatic carbocycles. The molecule has 3 heteroatoms. The van der Waals surface area contributed by atoms with Gasteiger partial charge in [0.1, 0.15) is 0 Å². The van der Waals surface area contributed by atoms with Crippen LogP contribution in [0.5, 0.6) is 0 Å². The summed E-state index contributed by atoms with van der Waals surface area (Å²) >= 11 is 0. The Bertz CT molecular complexity index is 393. The van der Waals surface area contributed by atoms with Crippen molar-refractivity contribution in [1.82, 2.24) is 0 Å². The van der Waals surface area contributed by atoms with Crippen molar-refractivity contribution in [3.05, 3.63) is 29.8 Å². The van der Waals surface area contributed by atoms with Gasteiger partial charge in [0.05, 0.1) is 17.5 Å². The Morgan fingerprint density at radius 1 is 1.08 bits per heavy atom. The average Bonchev–Trinajstić information content (AvgIpc) is 2.12. The highest BCUT2D eigenvalue weighted by Crippen LogP contribution is 2.21. The highest BCUT2D eigenvalue weighted by atomic mass is 16.2. The number of para-hydroxylation sites is 1. The van der Waals surface area contributed by atoms with Crippen molar-refractivity contribution in [3.63, 3.8) is 0 Å². The number of carbonyl (C=O) groups excluding carboxylic acids is 2. The van der Waals surface area contributed by atoms with Crippen LogP contribution in [0, 0.1) is 0 Å². The Kier molecular flexibility index (Phi) is 1.37. The third-order valence-electron chi connectivity index (χ3n) is 1.69. The van der Waals surface area contributed by atoms with Gasteiger partial charge in [-0.05, 0) is 12.1 Å². The van der Waals surface area contributed by atoms with E-state index in [0.29, 0.717) is 11.3 Å². The first-order valence-electron chi connectivity index (χ1n) is 3.51. The molecule has 58 valence electrons. The smallest absolute Gasteiger partial charge is 0.244 e. The van der Waals surface area contributed by atoms with Crippen LogP contribution in [0.1, 0.15) is 10.4 Å². The van der Waals surface area contributed by atoms with Crippen LogP contribution in [-0.2, 0) is 4.79 Å². The highest BCUT2D eigenvalue weighted by molar-refractivity contribution is 6.64. The van der Waals surface area contributed by atoms with Crippen molar-refractivity contribution in [3.8, 4) is 0 Å². The van der Waals surface area contributed by atoms with Gasteiger partial charge in [0, 0.05) is 0 Å². The first-order chi connectivity index (χ1) is 5.79. The maximum atomic E-state index is 11.2. The predicted molar refractivity (Wildman–Crippen MR) is 43.9 cm³/mol. The molecule has 1 aliphatic rings. The number of nitrogens with zero attached hydrogens (tertiary/aromatic N) is 1. The molecular formula is C9H5NO2. The quantitative estimate of drug-likeness (QED) is 0.533. The number of aliphatic imine (C=N–C) groups is 1. The van der Waals surface area contributed by atoms with Crippen molar-refractivity contribution in [2.24, 2.45) is 4.99 Å². The lowest BCUT2D eigenvalue weighted by Crippen LogP contribution is -2.18. The maximum Gasteiger partial charge on any atom is 0.244 e. The molecule has 1 aliphatic heterocycles.